The molecule has 1 aromatic rings. The second-order valence-corrected chi connectivity index (χ2v) is 6.25. The van der Waals surface area contributed by atoms with E-state index in [1.807, 2.05) is 29.2 Å². The van der Waals surface area contributed by atoms with Crippen LogP contribution < -0.4 is 5.73 Å². The van der Waals surface area contributed by atoms with Crippen molar-refractivity contribution in [3.05, 3.63) is 29.8 Å². The van der Waals surface area contributed by atoms with E-state index in [0.29, 0.717) is 18.9 Å². The van der Waals surface area contributed by atoms with Gasteiger partial charge in [0.05, 0.1) is 0 Å². The molecule has 1 saturated carbocycles. The second-order valence-electron chi connectivity index (χ2n) is 6.25. The number of benzene rings is 1. The molecule has 3 heteroatoms. The minimum Gasteiger partial charge on any atom is -0.399 e. The maximum Gasteiger partial charge on any atom is 0.222 e. The number of anilines is 1. The first-order valence-corrected chi connectivity index (χ1v) is 8.31. The minimum absolute atomic E-state index is 0.297. The highest BCUT2D eigenvalue weighted by molar-refractivity contribution is 5.76. The summed E-state index contributed by atoms with van der Waals surface area (Å²) in [6, 6.07) is 7.85. The normalized spacial score (nSPS) is 15.3. The van der Waals surface area contributed by atoms with Gasteiger partial charge in [-0.05, 0) is 36.5 Å². The van der Waals surface area contributed by atoms with E-state index < -0.39 is 0 Å². The lowest BCUT2D eigenvalue weighted by atomic mass is 10.0. The zero-order valence-corrected chi connectivity index (χ0v) is 13.2. The number of nitrogens with two attached hydrogens (primary N) is 1. The molecule has 0 aromatic heterocycles. The van der Waals surface area contributed by atoms with E-state index in [-0.39, 0.29) is 0 Å². The summed E-state index contributed by atoms with van der Waals surface area (Å²) in [6.07, 6.45) is 8.09. The van der Waals surface area contributed by atoms with Gasteiger partial charge < -0.3 is 10.6 Å². The monoisotopic (exact) mass is 288 g/mol. The SMILES string of the molecule is CCCN(Cc1cccc(N)c1)C(=O)CCC1CCCC1. The summed E-state index contributed by atoms with van der Waals surface area (Å²) in [6.45, 7) is 3.64. The molecule has 0 radical (unpaired) electrons. The van der Waals surface area contributed by atoms with Gasteiger partial charge in [0.2, 0.25) is 5.91 Å². The van der Waals surface area contributed by atoms with Crippen LogP contribution in [0.25, 0.3) is 0 Å². The predicted octanol–water partition coefficient (Wildman–Crippen LogP) is 3.98. The summed E-state index contributed by atoms with van der Waals surface area (Å²) in [4.78, 5) is 14.5. The molecule has 0 heterocycles. The summed E-state index contributed by atoms with van der Waals surface area (Å²) >= 11 is 0. The molecule has 2 N–H and O–H groups in total. The zero-order valence-electron chi connectivity index (χ0n) is 13.2. The smallest absolute Gasteiger partial charge is 0.222 e. The number of nitrogens with zero attached hydrogens (tertiary/aromatic N) is 1. The van der Waals surface area contributed by atoms with Gasteiger partial charge in [-0.2, -0.15) is 0 Å². The highest BCUT2D eigenvalue weighted by Crippen LogP contribution is 2.28. The van der Waals surface area contributed by atoms with E-state index in [1.165, 1.54) is 25.7 Å². The van der Waals surface area contributed by atoms with Gasteiger partial charge in [0.25, 0.3) is 0 Å². The molecular weight excluding hydrogens is 260 g/mol. The molecular formula is C18H28N2O. The van der Waals surface area contributed by atoms with E-state index in [9.17, 15) is 4.79 Å². The van der Waals surface area contributed by atoms with Crippen LogP contribution in [0.15, 0.2) is 24.3 Å². The Bertz CT molecular complexity index is 452. The largest absolute Gasteiger partial charge is 0.399 e. The van der Waals surface area contributed by atoms with Crippen LogP contribution in [0.5, 0.6) is 0 Å². The zero-order chi connectivity index (χ0) is 15.1. The first-order valence-electron chi connectivity index (χ1n) is 8.31. The Morgan fingerprint density at radius 2 is 2.10 bits per heavy atom. The molecule has 3 nitrogen and oxygen atoms in total. The molecule has 0 saturated heterocycles. The fraction of sp³-hybridized carbons (Fsp3) is 0.611. The molecule has 0 spiro atoms. The number of amides is 1. The fourth-order valence-electron chi connectivity index (χ4n) is 3.26. The van der Waals surface area contributed by atoms with Crippen LogP contribution in [0.4, 0.5) is 5.69 Å². The van der Waals surface area contributed by atoms with E-state index in [0.717, 1.165) is 36.6 Å². The molecule has 0 aliphatic heterocycles. The van der Waals surface area contributed by atoms with Gasteiger partial charge in [0.1, 0.15) is 0 Å². The first-order chi connectivity index (χ1) is 10.2. The Balaban J connectivity index is 1.88. The van der Waals surface area contributed by atoms with Crippen LogP contribution in [-0.4, -0.2) is 17.4 Å². The Hall–Kier alpha value is -1.51. The Labute approximate surface area is 128 Å². The van der Waals surface area contributed by atoms with Gasteiger partial charge in [-0.25, -0.2) is 0 Å². The van der Waals surface area contributed by atoms with Gasteiger partial charge in [-0.1, -0.05) is 44.7 Å². The Morgan fingerprint density at radius 1 is 1.33 bits per heavy atom. The highest BCUT2D eigenvalue weighted by atomic mass is 16.2. The van der Waals surface area contributed by atoms with Crippen LogP contribution in [0.1, 0.15) is 57.4 Å². The van der Waals surface area contributed by atoms with Crippen LogP contribution in [0.2, 0.25) is 0 Å². The molecule has 2 rings (SSSR count). The topological polar surface area (TPSA) is 46.3 Å². The lowest BCUT2D eigenvalue weighted by molar-refractivity contribution is -0.132. The predicted molar refractivity (Wildman–Crippen MR) is 87.8 cm³/mol. The average Bonchev–Trinajstić information content (AvgIpc) is 2.97. The standard InChI is InChI=1S/C18H28N2O/c1-2-12-20(14-16-8-5-9-17(19)13-16)18(21)11-10-15-6-3-4-7-15/h5,8-9,13,15H,2-4,6-7,10-12,14,19H2,1H3. The number of nitrogen functional groups attached to an aromatic ring is 1. The molecule has 1 aromatic carbocycles. The van der Waals surface area contributed by atoms with Crippen molar-refractivity contribution in [2.45, 2.75) is 58.4 Å². The number of carbonyl (C=O) groups excluding carboxylic acids is 1. The van der Waals surface area contributed by atoms with Crippen LogP contribution in [0, 0.1) is 5.92 Å². The number of hydrogen-bond acceptors (Lipinski definition) is 2. The Kier molecular flexibility index (Phi) is 6.09. The summed E-state index contributed by atoms with van der Waals surface area (Å²) in [7, 11) is 0. The molecule has 1 amide bonds. The van der Waals surface area contributed by atoms with Gasteiger partial charge in [-0.3, -0.25) is 4.79 Å². The third-order valence-electron chi connectivity index (χ3n) is 4.41. The lowest BCUT2D eigenvalue weighted by Gasteiger charge is -2.23. The van der Waals surface area contributed by atoms with Crippen molar-refractivity contribution in [2.24, 2.45) is 5.92 Å². The molecule has 1 fully saturated rings. The van der Waals surface area contributed by atoms with Crippen LogP contribution in [-0.2, 0) is 11.3 Å². The van der Waals surface area contributed by atoms with Gasteiger partial charge >= 0.3 is 0 Å². The van der Waals surface area contributed by atoms with Crippen LogP contribution >= 0.6 is 0 Å². The Morgan fingerprint density at radius 3 is 2.76 bits per heavy atom. The fourth-order valence-corrected chi connectivity index (χ4v) is 3.26. The van der Waals surface area contributed by atoms with Gasteiger partial charge in [0, 0.05) is 25.2 Å². The lowest BCUT2D eigenvalue weighted by Crippen LogP contribution is -2.31. The molecule has 0 bridgehead atoms. The van der Waals surface area contributed by atoms with Crippen molar-refractivity contribution >= 4 is 11.6 Å². The molecule has 116 valence electrons. The molecule has 0 unspecified atom stereocenters. The summed E-state index contributed by atoms with van der Waals surface area (Å²) in [5.41, 5.74) is 7.71. The molecule has 1 aliphatic rings. The van der Waals surface area contributed by atoms with E-state index in [4.69, 9.17) is 5.73 Å². The van der Waals surface area contributed by atoms with Crippen molar-refractivity contribution in [2.75, 3.05) is 12.3 Å². The number of rotatable bonds is 7. The first kappa shape index (κ1) is 15.9. The van der Waals surface area contributed by atoms with Gasteiger partial charge in [-0.15, -0.1) is 0 Å². The van der Waals surface area contributed by atoms with Crippen molar-refractivity contribution in [3.8, 4) is 0 Å². The average molecular weight is 288 g/mol. The molecule has 1 aliphatic carbocycles. The summed E-state index contributed by atoms with van der Waals surface area (Å²) < 4.78 is 0. The maximum atomic E-state index is 12.5. The van der Waals surface area contributed by atoms with E-state index in [1.54, 1.807) is 0 Å². The van der Waals surface area contributed by atoms with E-state index in [2.05, 4.69) is 6.92 Å². The van der Waals surface area contributed by atoms with Crippen molar-refractivity contribution in [1.29, 1.82) is 0 Å². The maximum absolute atomic E-state index is 12.5. The van der Waals surface area contributed by atoms with Crippen LogP contribution in [0.3, 0.4) is 0 Å². The highest BCUT2D eigenvalue weighted by Gasteiger charge is 2.19. The minimum atomic E-state index is 0.297. The van der Waals surface area contributed by atoms with Gasteiger partial charge in [0.15, 0.2) is 0 Å². The van der Waals surface area contributed by atoms with Crippen molar-refractivity contribution in [3.63, 3.8) is 0 Å². The third kappa shape index (κ3) is 5.07. The molecule has 0 atom stereocenters. The molecule has 21 heavy (non-hydrogen) atoms. The second kappa shape index (κ2) is 8.06. The number of carbonyl (C=O) groups is 1. The summed E-state index contributed by atoms with van der Waals surface area (Å²) in [5, 5.41) is 0. The number of hydrogen-bond donors (Lipinski definition) is 1. The quantitative estimate of drug-likeness (QED) is 0.771. The van der Waals surface area contributed by atoms with Crippen molar-refractivity contribution < 1.29 is 4.79 Å². The summed E-state index contributed by atoms with van der Waals surface area (Å²) in [5.74, 6) is 1.08. The van der Waals surface area contributed by atoms with Crippen molar-refractivity contribution in [1.82, 2.24) is 4.90 Å². The third-order valence-corrected chi connectivity index (χ3v) is 4.41. The van der Waals surface area contributed by atoms with E-state index >= 15 is 0 Å².